The van der Waals surface area contributed by atoms with Crippen LogP contribution in [0, 0.1) is 0 Å². The molecule has 3 nitrogen and oxygen atoms in total. The Kier molecular flexibility index (Phi) is 6.27. The lowest BCUT2D eigenvalue weighted by Crippen LogP contribution is -2.55. The van der Waals surface area contributed by atoms with Gasteiger partial charge in [-0.25, -0.2) is 0 Å². The first-order chi connectivity index (χ1) is 19.9. The standard InChI is InChI=1S/C36H28BN3/c1-5-17-29(18-6-1)39(30-19-7-2-8-20-30)35-33-25-13-14-26-34(33)36(38-28-16-15-27-37(35)38)40(31-21-9-3-10-22-31)32-23-11-4-12-24-32/h1-28H. The summed E-state index contributed by atoms with van der Waals surface area (Å²) in [4.78, 5) is 7.20. The summed E-state index contributed by atoms with van der Waals surface area (Å²) in [5.74, 6) is 3.43. The van der Waals surface area contributed by atoms with Crippen LogP contribution in [-0.4, -0.2) is 11.7 Å². The molecule has 0 unspecified atom stereocenters. The largest absolute Gasteiger partial charge is 0.368 e. The highest BCUT2D eigenvalue weighted by molar-refractivity contribution is 6.82. The fraction of sp³-hybridized carbons (Fsp3) is 0. The average molecular weight is 513 g/mol. The van der Waals surface area contributed by atoms with Gasteiger partial charge in [0.2, 0.25) is 0 Å². The van der Waals surface area contributed by atoms with E-state index in [1.807, 2.05) is 0 Å². The van der Waals surface area contributed by atoms with Gasteiger partial charge in [0.15, 0.2) is 0 Å². The second-order valence-electron chi connectivity index (χ2n) is 9.85. The summed E-state index contributed by atoms with van der Waals surface area (Å²) in [6, 6.07) is 51.4. The fourth-order valence-electron chi connectivity index (χ4n) is 5.74. The van der Waals surface area contributed by atoms with Crippen molar-refractivity contribution in [2.75, 3.05) is 9.80 Å². The molecule has 5 aromatic rings. The third-order valence-corrected chi connectivity index (χ3v) is 7.43. The van der Waals surface area contributed by atoms with Crippen molar-refractivity contribution in [1.29, 1.82) is 0 Å². The summed E-state index contributed by atoms with van der Waals surface area (Å²) in [5.41, 5.74) is 5.72. The lowest BCUT2D eigenvalue weighted by atomic mass is 9.53. The quantitative estimate of drug-likeness (QED) is 0.226. The van der Waals surface area contributed by atoms with Crippen molar-refractivity contribution in [3.8, 4) is 0 Å². The maximum atomic E-state index is 2.41. The molecule has 0 bridgehead atoms. The Labute approximate surface area is 235 Å². The van der Waals surface area contributed by atoms with Crippen molar-refractivity contribution in [1.82, 2.24) is 4.81 Å². The summed E-state index contributed by atoms with van der Waals surface area (Å²) < 4.78 is 0. The van der Waals surface area contributed by atoms with E-state index in [9.17, 15) is 0 Å². The van der Waals surface area contributed by atoms with Crippen molar-refractivity contribution in [3.63, 3.8) is 0 Å². The van der Waals surface area contributed by atoms with E-state index in [1.165, 1.54) is 16.0 Å². The van der Waals surface area contributed by atoms with Crippen LogP contribution in [0.4, 0.5) is 22.7 Å². The van der Waals surface area contributed by atoms with Crippen molar-refractivity contribution in [2.24, 2.45) is 0 Å². The van der Waals surface area contributed by atoms with Crippen LogP contribution in [0.5, 0.6) is 0 Å². The minimum atomic E-state index is -0.0229. The van der Waals surface area contributed by atoms with Crippen LogP contribution in [0.2, 0.25) is 0 Å². The normalized spacial score (nSPS) is 13.6. The Morgan fingerprint density at radius 2 is 0.850 bits per heavy atom. The highest BCUT2D eigenvalue weighted by Gasteiger charge is 2.38. The molecule has 2 heterocycles. The molecule has 0 radical (unpaired) electrons. The average Bonchev–Trinajstić information content (AvgIpc) is 3.04. The first-order valence-electron chi connectivity index (χ1n) is 13.7. The second-order valence-corrected chi connectivity index (χ2v) is 9.85. The molecule has 2 aliphatic heterocycles. The zero-order chi connectivity index (χ0) is 26.7. The topological polar surface area (TPSA) is 9.72 Å². The highest BCUT2D eigenvalue weighted by atomic mass is 15.3. The zero-order valence-corrected chi connectivity index (χ0v) is 22.1. The summed E-state index contributed by atoms with van der Waals surface area (Å²) in [6.45, 7) is -0.0229. The minimum Gasteiger partial charge on any atom is -0.368 e. The van der Waals surface area contributed by atoms with E-state index in [2.05, 4.69) is 185 Å². The second kappa shape index (κ2) is 10.5. The first-order valence-corrected chi connectivity index (χ1v) is 13.7. The van der Waals surface area contributed by atoms with Crippen molar-refractivity contribution in [2.45, 2.75) is 0 Å². The molecule has 7 rings (SSSR count). The van der Waals surface area contributed by atoms with Crippen LogP contribution in [0.1, 0.15) is 0 Å². The SMILES string of the molecule is C1=CB2C(N(c3ccccc3)c3ccccc3)=c3ccccc3=C(N(c3ccccc3)c3ccccc3)N2C=C1. The Morgan fingerprint density at radius 1 is 0.425 bits per heavy atom. The van der Waals surface area contributed by atoms with Crippen LogP contribution in [0.3, 0.4) is 0 Å². The summed E-state index contributed by atoms with van der Waals surface area (Å²) >= 11 is 0. The number of fused-ring (bicyclic) bond motifs is 2. The monoisotopic (exact) mass is 513 g/mol. The number of rotatable bonds is 6. The number of hydrogen-bond acceptors (Lipinski definition) is 3. The van der Waals surface area contributed by atoms with Gasteiger partial charge in [-0.3, -0.25) is 4.90 Å². The van der Waals surface area contributed by atoms with Crippen LogP contribution >= 0.6 is 0 Å². The summed E-state index contributed by atoms with van der Waals surface area (Å²) in [7, 11) is 0. The van der Waals surface area contributed by atoms with E-state index in [1.54, 1.807) is 0 Å². The van der Waals surface area contributed by atoms with Crippen molar-refractivity contribution >= 4 is 41.0 Å². The van der Waals surface area contributed by atoms with Gasteiger partial charge in [0.1, 0.15) is 5.82 Å². The molecular formula is C36H28BN3. The third kappa shape index (κ3) is 4.20. The van der Waals surface area contributed by atoms with Gasteiger partial charge in [-0.05, 0) is 66.0 Å². The number of benzene rings is 5. The zero-order valence-electron chi connectivity index (χ0n) is 22.1. The van der Waals surface area contributed by atoms with E-state index in [-0.39, 0.29) is 6.85 Å². The van der Waals surface area contributed by atoms with Crippen LogP contribution in [-0.2, 0) is 0 Å². The van der Waals surface area contributed by atoms with E-state index < -0.39 is 0 Å². The van der Waals surface area contributed by atoms with E-state index in [0.717, 1.165) is 28.6 Å². The Bertz CT molecular complexity index is 1590. The van der Waals surface area contributed by atoms with Gasteiger partial charge in [-0.2, -0.15) is 0 Å². The van der Waals surface area contributed by atoms with Crippen LogP contribution in [0.15, 0.2) is 170 Å². The van der Waals surface area contributed by atoms with Gasteiger partial charge in [-0.1, -0.05) is 109 Å². The van der Waals surface area contributed by atoms with Crippen molar-refractivity contribution < 1.29 is 0 Å². The van der Waals surface area contributed by atoms with Crippen LogP contribution < -0.4 is 20.2 Å². The molecule has 0 saturated carbocycles. The molecule has 0 spiro atoms. The molecule has 190 valence electrons. The number of anilines is 4. The van der Waals surface area contributed by atoms with E-state index >= 15 is 0 Å². The smallest absolute Gasteiger partial charge is 0.339 e. The highest BCUT2D eigenvalue weighted by Crippen LogP contribution is 2.38. The predicted molar refractivity (Wildman–Crippen MR) is 168 cm³/mol. The molecular weight excluding hydrogens is 485 g/mol. The Hall–Kier alpha value is -5.22. The lowest BCUT2D eigenvalue weighted by molar-refractivity contribution is 0.781. The Morgan fingerprint density at radius 3 is 1.35 bits per heavy atom. The lowest BCUT2D eigenvalue weighted by Gasteiger charge is -2.43. The van der Waals surface area contributed by atoms with E-state index in [4.69, 9.17) is 0 Å². The fourth-order valence-corrected chi connectivity index (χ4v) is 5.74. The maximum Gasteiger partial charge on any atom is 0.339 e. The number of hydrogen-bond donors (Lipinski definition) is 0. The molecule has 2 aliphatic rings. The van der Waals surface area contributed by atoms with Gasteiger partial charge in [0.05, 0.1) is 0 Å². The molecule has 0 saturated heterocycles. The molecule has 4 heteroatoms. The predicted octanol–water partition coefficient (Wildman–Crippen LogP) is 7.01. The molecule has 0 atom stereocenters. The third-order valence-electron chi connectivity index (χ3n) is 7.43. The van der Waals surface area contributed by atoms with Crippen LogP contribution in [0.25, 0.3) is 11.4 Å². The van der Waals surface area contributed by atoms with Gasteiger partial charge < -0.3 is 9.71 Å². The van der Waals surface area contributed by atoms with Gasteiger partial charge in [-0.15, -0.1) is 0 Å². The molecule has 0 amide bonds. The molecule has 0 fully saturated rings. The maximum absolute atomic E-state index is 2.41. The van der Waals surface area contributed by atoms with Crippen molar-refractivity contribution in [3.05, 3.63) is 180 Å². The molecule has 40 heavy (non-hydrogen) atoms. The number of nitrogens with zero attached hydrogens (tertiary/aromatic N) is 3. The minimum absolute atomic E-state index is 0.0229. The Balaban J connectivity index is 1.60. The van der Waals surface area contributed by atoms with Gasteiger partial charge >= 0.3 is 6.85 Å². The first kappa shape index (κ1) is 23.9. The number of allylic oxidation sites excluding steroid dienone is 2. The molecule has 0 aromatic heterocycles. The van der Waals surface area contributed by atoms with E-state index in [0.29, 0.717) is 0 Å². The number of para-hydroxylation sites is 4. The molecule has 0 N–H and O–H groups in total. The molecule has 0 aliphatic carbocycles. The molecule has 5 aromatic carbocycles. The summed E-state index contributed by atoms with van der Waals surface area (Å²) in [5, 5.41) is 2.39. The van der Waals surface area contributed by atoms with Gasteiger partial charge in [0.25, 0.3) is 0 Å². The van der Waals surface area contributed by atoms with Gasteiger partial charge in [0, 0.05) is 33.6 Å². The summed E-state index contributed by atoms with van der Waals surface area (Å²) in [6.07, 6.45) is 6.50.